The normalized spacial score (nSPS) is 13.6. The van der Waals surface area contributed by atoms with Crippen LogP contribution in [0.15, 0.2) is 186 Å². The van der Waals surface area contributed by atoms with Crippen LogP contribution in [0.1, 0.15) is 58.5 Å². The molecule has 10 aromatic rings. The second-order valence-electron chi connectivity index (χ2n) is 16.6. The molecule has 0 aliphatic heterocycles. The van der Waals surface area contributed by atoms with Crippen LogP contribution in [0.5, 0.6) is 0 Å². The Labute approximate surface area is 355 Å². The molecule has 4 nitrogen and oxygen atoms in total. The molecule has 1 unspecified atom stereocenters. The first kappa shape index (κ1) is 35.5. The summed E-state index contributed by atoms with van der Waals surface area (Å²) in [6.07, 6.45) is 1.63. The average Bonchev–Trinajstić information content (AvgIpc) is 3.95. The number of hydrogen-bond acceptors (Lipinski definition) is 4. The van der Waals surface area contributed by atoms with Crippen LogP contribution in [-0.4, -0.2) is 15.0 Å². The van der Waals surface area contributed by atoms with Crippen LogP contribution < -0.4 is 0 Å². The zero-order valence-electron chi connectivity index (χ0n) is 34.1. The fraction of sp³-hybridized carbons (Fsp3) is 0.105. The molecule has 0 saturated heterocycles. The quantitative estimate of drug-likeness (QED) is 0.162. The van der Waals surface area contributed by atoms with E-state index in [0.717, 1.165) is 51.7 Å². The fourth-order valence-electron chi connectivity index (χ4n) is 10.5. The summed E-state index contributed by atoms with van der Waals surface area (Å²) in [5.74, 6) is 2.11. The van der Waals surface area contributed by atoms with Crippen molar-refractivity contribution in [2.24, 2.45) is 0 Å². The van der Waals surface area contributed by atoms with Crippen molar-refractivity contribution in [2.45, 2.75) is 38.0 Å². The van der Waals surface area contributed by atoms with E-state index in [9.17, 15) is 0 Å². The SMILES string of the molecule is CCC(Cc1ccccc1-c1cc2c(cc1C)C1(c3ccccc3-c3ccccc31)c1ccccc1-2)c1nc(-c2ccccc2)nc(-c2cccc3c2oc2ccccc23)n1. The molecule has 0 bridgehead atoms. The van der Waals surface area contributed by atoms with Gasteiger partial charge in [-0.25, -0.2) is 15.0 Å². The predicted molar refractivity (Wildman–Crippen MR) is 248 cm³/mol. The number of para-hydroxylation sites is 2. The van der Waals surface area contributed by atoms with Crippen LogP contribution in [-0.2, 0) is 11.8 Å². The minimum Gasteiger partial charge on any atom is -0.455 e. The van der Waals surface area contributed by atoms with Crippen molar-refractivity contribution in [1.82, 2.24) is 15.0 Å². The third-order valence-corrected chi connectivity index (χ3v) is 13.3. The number of nitrogens with zero attached hydrogens (tertiary/aromatic N) is 3. The number of benzene rings is 8. The molecule has 2 aromatic heterocycles. The van der Waals surface area contributed by atoms with Gasteiger partial charge >= 0.3 is 0 Å². The molecule has 0 fully saturated rings. The lowest BCUT2D eigenvalue weighted by molar-refractivity contribution is 0.615. The minimum atomic E-state index is -0.366. The molecule has 12 rings (SSSR count). The van der Waals surface area contributed by atoms with E-state index >= 15 is 0 Å². The maximum Gasteiger partial charge on any atom is 0.167 e. The van der Waals surface area contributed by atoms with Crippen LogP contribution in [0, 0.1) is 6.92 Å². The topological polar surface area (TPSA) is 51.8 Å². The molecule has 2 heterocycles. The Kier molecular flexibility index (Phi) is 8.05. The Morgan fingerprint density at radius 3 is 1.77 bits per heavy atom. The average molecular weight is 784 g/mol. The zero-order chi connectivity index (χ0) is 40.7. The van der Waals surface area contributed by atoms with E-state index in [1.54, 1.807) is 0 Å². The summed E-state index contributed by atoms with van der Waals surface area (Å²) in [4.78, 5) is 15.7. The minimum absolute atomic E-state index is 0.0328. The highest BCUT2D eigenvalue weighted by Gasteiger charge is 2.51. The first-order valence-electron chi connectivity index (χ1n) is 21.4. The third kappa shape index (κ3) is 5.28. The Morgan fingerprint density at radius 1 is 0.475 bits per heavy atom. The van der Waals surface area contributed by atoms with Crippen LogP contribution in [0.4, 0.5) is 0 Å². The summed E-state index contributed by atoms with van der Waals surface area (Å²) in [5, 5.41) is 2.13. The fourth-order valence-corrected chi connectivity index (χ4v) is 10.5. The monoisotopic (exact) mass is 783 g/mol. The van der Waals surface area contributed by atoms with Crippen molar-refractivity contribution in [3.63, 3.8) is 0 Å². The lowest BCUT2D eigenvalue weighted by atomic mass is 9.70. The summed E-state index contributed by atoms with van der Waals surface area (Å²) < 4.78 is 6.50. The zero-order valence-corrected chi connectivity index (χ0v) is 34.1. The van der Waals surface area contributed by atoms with Gasteiger partial charge in [0.25, 0.3) is 0 Å². The molecular formula is C57H41N3O. The van der Waals surface area contributed by atoms with Gasteiger partial charge in [0.1, 0.15) is 17.0 Å². The maximum absolute atomic E-state index is 6.50. The molecule has 1 spiro atoms. The molecule has 290 valence electrons. The van der Waals surface area contributed by atoms with Gasteiger partial charge in [-0.15, -0.1) is 0 Å². The van der Waals surface area contributed by atoms with E-state index < -0.39 is 0 Å². The lowest BCUT2D eigenvalue weighted by Gasteiger charge is -2.31. The molecule has 0 radical (unpaired) electrons. The molecule has 61 heavy (non-hydrogen) atoms. The summed E-state index contributed by atoms with van der Waals surface area (Å²) in [6, 6.07) is 65.7. The van der Waals surface area contributed by atoms with Gasteiger partial charge in [0.15, 0.2) is 11.6 Å². The van der Waals surface area contributed by atoms with Gasteiger partial charge in [0.05, 0.1) is 11.0 Å². The van der Waals surface area contributed by atoms with Gasteiger partial charge in [-0.3, -0.25) is 0 Å². The Morgan fingerprint density at radius 2 is 1.05 bits per heavy atom. The second kappa shape index (κ2) is 13.8. The van der Waals surface area contributed by atoms with Crippen LogP contribution in [0.25, 0.3) is 78.1 Å². The van der Waals surface area contributed by atoms with Crippen molar-refractivity contribution in [1.29, 1.82) is 0 Å². The van der Waals surface area contributed by atoms with Crippen molar-refractivity contribution in [3.8, 4) is 56.2 Å². The van der Waals surface area contributed by atoms with Crippen LogP contribution >= 0.6 is 0 Å². The van der Waals surface area contributed by atoms with E-state index in [2.05, 4.69) is 166 Å². The standard InChI is InChI=1S/C57H41N3O/c1-3-36(54-58-55(37-18-5-4-6-19-37)60-56(59-54)45-27-17-26-44-43-25-12-16-31-52(43)61-53(44)45)33-38-20-7-8-21-39(38)46-34-47-42-24-11-15-30-50(42)57(51(47)32-35(46)2)48-28-13-9-22-40(48)41-23-10-14-29-49(41)57/h4-32,34,36H,3,33H2,1-2H3. The van der Waals surface area contributed by atoms with Gasteiger partial charge in [-0.05, 0) is 105 Å². The molecule has 0 N–H and O–H groups in total. The highest BCUT2D eigenvalue weighted by Crippen LogP contribution is 2.63. The van der Waals surface area contributed by atoms with Gasteiger partial charge < -0.3 is 4.42 Å². The molecule has 0 saturated carbocycles. The van der Waals surface area contributed by atoms with E-state index in [1.165, 1.54) is 66.8 Å². The summed E-state index contributed by atoms with van der Waals surface area (Å²) in [5.41, 5.74) is 18.8. The van der Waals surface area contributed by atoms with Crippen molar-refractivity contribution >= 4 is 21.9 Å². The molecule has 2 aliphatic carbocycles. The van der Waals surface area contributed by atoms with Crippen molar-refractivity contribution < 1.29 is 4.42 Å². The second-order valence-corrected chi connectivity index (χ2v) is 16.6. The first-order valence-corrected chi connectivity index (χ1v) is 21.4. The summed E-state index contributed by atoms with van der Waals surface area (Å²) in [6.45, 7) is 4.53. The number of rotatable bonds is 7. The molecule has 1 atom stereocenters. The third-order valence-electron chi connectivity index (χ3n) is 13.3. The number of aromatic nitrogens is 3. The highest BCUT2D eigenvalue weighted by molar-refractivity contribution is 6.09. The molecular weight excluding hydrogens is 743 g/mol. The Bertz CT molecular complexity index is 3320. The van der Waals surface area contributed by atoms with Crippen LogP contribution in [0.3, 0.4) is 0 Å². The maximum atomic E-state index is 6.50. The number of furan rings is 1. The van der Waals surface area contributed by atoms with E-state index in [4.69, 9.17) is 19.4 Å². The van der Waals surface area contributed by atoms with E-state index in [-0.39, 0.29) is 11.3 Å². The Hall–Kier alpha value is -7.43. The van der Waals surface area contributed by atoms with E-state index in [0.29, 0.717) is 11.6 Å². The van der Waals surface area contributed by atoms with Gasteiger partial charge in [0.2, 0.25) is 0 Å². The number of hydrogen-bond donors (Lipinski definition) is 0. The largest absolute Gasteiger partial charge is 0.455 e. The molecule has 0 amide bonds. The van der Waals surface area contributed by atoms with Crippen LogP contribution in [0.2, 0.25) is 0 Å². The highest BCUT2D eigenvalue weighted by atomic mass is 16.3. The number of fused-ring (bicyclic) bond motifs is 13. The smallest absolute Gasteiger partial charge is 0.167 e. The predicted octanol–water partition coefficient (Wildman–Crippen LogP) is 14.2. The lowest BCUT2D eigenvalue weighted by Crippen LogP contribution is -2.25. The van der Waals surface area contributed by atoms with Gasteiger partial charge in [-0.1, -0.05) is 171 Å². The van der Waals surface area contributed by atoms with Gasteiger partial charge in [-0.2, -0.15) is 0 Å². The summed E-state index contributed by atoms with van der Waals surface area (Å²) >= 11 is 0. The van der Waals surface area contributed by atoms with Crippen molar-refractivity contribution in [2.75, 3.05) is 0 Å². The summed E-state index contributed by atoms with van der Waals surface area (Å²) in [7, 11) is 0. The van der Waals surface area contributed by atoms with Gasteiger partial charge in [0, 0.05) is 22.3 Å². The number of aryl methyl sites for hydroxylation is 1. The Balaban J connectivity index is 0.989. The molecule has 8 aromatic carbocycles. The molecule has 2 aliphatic rings. The van der Waals surface area contributed by atoms with E-state index in [1.807, 2.05) is 30.3 Å². The van der Waals surface area contributed by atoms with Crippen molar-refractivity contribution in [3.05, 3.63) is 221 Å². The first-order chi connectivity index (χ1) is 30.1. The molecule has 4 heteroatoms.